The number of nitrogens with two attached hydrogens (primary N) is 1. The highest BCUT2D eigenvalue weighted by atomic mass is 79.9. The maximum absolute atomic E-state index is 6.07. The number of hydrogen-bond acceptors (Lipinski definition) is 2. The predicted molar refractivity (Wildman–Crippen MR) is 77.9 cm³/mol. The zero-order valence-corrected chi connectivity index (χ0v) is 12.4. The number of rotatable bonds is 5. The van der Waals surface area contributed by atoms with Gasteiger partial charge in [0.05, 0.1) is 12.3 Å². The van der Waals surface area contributed by atoms with Gasteiger partial charge in [0.2, 0.25) is 0 Å². The molecule has 0 spiro atoms. The topological polar surface area (TPSA) is 35.2 Å². The summed E-state index contributed by atoms with van der Waals surface area (Å²) in [4.78, 5) is 0. The molecule has 3 rings (SSSR count). The van der Waals surface area contributed by atoms with Gasteiger partial charge in [-0.05, 0) is 70.6 Å². The molecule has 0 aromatic heterocycles. The van der Waals surface area contributed by atoms with E-state index >= 15 is 0 Å². The Morgan fingerprint density at radius 3 is 2.78 bits per heavy atom. The van der Waals surface area contributed by atoms with E-state index in [4.69, 9.17) is 10.5 Å². The summed E-state index contributed by atoms with van der Waals surface area (Å²) in [6, 6.07) is 4.32. The lowest BCUT2D eigenvalue weighted by Gasteiger charge is -2.12. The molecule has 0 bridgehead atoms. The normalized spacial score (nSPS) is 26.1. The largest absolute Gasteiger partial charge is 0.491 e. The summed E-state index contributed by atoms with van der Waals surface area (Å²) in [5.41, 5.74) is 8.20. The molecule has 3 heteroatoms. The number of ether oxygens (including phenoxy) is 1. The number of halogens is 1. The number of nitrogen functional groups attached to an aromatic ring is 1. The van der Waals surface area contributed by atoms with Crippen molar-refractivity contribution in [1.29, 1.82) is 0 Å². The Hall–Kier alpha value is -0.700. The van der Waals surface area contributed by atoms with Crippen molar-refractivity contribution in [2.45, 2.75) is 38.5 Å². The lowest BCUT2D eigenvalue weighted by atomic mass is 10.1. The van der Waals surface area contributed by atoms with Gasteiger partial charge in [-0.2, -0.15) is 0 Å². The smallest absolute Gasteiger partial charge is 0.143 e. The molecule has 0 saturated heterocycles. The summed E-state index contributed by atoms with van der Waals surface area (Å²) in [7, 11) is 0. The molecule has 0 amide bonds. The molecule has 2 unspecified atom stereocenters. The zero-order chi connectivity index (χ0) is 12.7. The fourth-order valence-electron chi connectivity index (χ4n) is 2.55. The minimum atomic E-state index is 0.718. The van der Waals surface area contributed by atoms with E-state index in [1.54, 1.807) is 0 Å². The Labute approximate surface area is 117 Å². The molecular formula is C15H20BrNO. The van der Waals surface area contributed by atoms with Crippen LogP contribution in [0.3, 0.4) is 0 Å². The summed E-state index contributed by atoms with van der Waals surface area (Å²) < 4.78 is 6.85. The first-order chi connectivity index (χ1) is 8.69. The Balaban J connectivity index is 1.78. The van der Waals surface area contributed by atoms with Crippen LogP contribution in [0.25, 0.3) is 0 Å². The number of benzene rings is 1. The van der Waals surface area contributed by atoms with E-state index in [9.17, 15) is 0 Å². The summed E-state index contributed by atoms with van der Waals surface area (Å²) in [6.07, 6.45) is 5.20. The van der Waals surface area contributed by atoms with Gasteiger partial charge in [-0.15, -0.1) is 0 Å². The maximum atomic E-state index is 6.07. The number of hydrogen-bond donors (Lipinski definition) is 1. The quantitative estimate of drug-likeness (QED) is 0.821. The highest BCUT2D eigenvalue weighted by molar-refractivity contribution is 9.10. The molecule has 2 aliphatic carbocycles. The third-order valence-corrected chi connectivity index (χ3v) is 4.82. The van der Waals surface area contributed by atoms with Crippen LogP contribution in [-0.2, 0) is 0 Å². The first kappa shape index (κ1) is 12.3. The lowest BCUT2D eigenvalue weighted by Crippen LogP contribution is -2.03. The van der Waals surface area contributed by atoms with Crippen molar-refractivity contribution in [2.75, 3.05) is 12.3 Å². The average Bonchev–Trinajstić information content (AvgIpc) is 3.25. The maximum Gasteiger partial charge on any atom is 0.143 e. The first-order valence-electron chi connectivity index (χ1n) is 6.90. The first-order valence-corrected chi connectivity index (χ1v) is 7.70. The minimum absolute atomic E-state index is 0.718. The van der Waals surface area contributed by atoms with Crippen LogP contribution in [0.15, 0.2) is 16.6 Å². The van der Waals surface area contributed by atoms with Crippen molar-refractivity contribution >= 4 is 21.6 Å². The molecule has 2 N–H and O–H groups in total. The molecule has 0 radical (unpaired) electrons. The number of anilines is 1. The molecule has 18 heavy (non-hydrogen) atoms. The van der Waals surface area contributed by atoms with Gasteiger partial charge in [-0.25, -0.2) is 0 Å². The van der Waals surface area contributed by atoms with Crippen LogP contribution in [0.1, 0.15) is 44.1 Å². The van der Waals surface area contributed by atoms with Crippen molar-refractivity contribution < 1.29 is 4.74 Å². The standard InChI is InChI=1S/C15H20BrNO/c1-2-10-5-12(10)11-6-13(16)15(17)14(7-11)18-8-9-3-4-9/h6-7,9-10,12H,2-5,8,17H2,1H3. The fraction of sp³-hybridized carbons (Fsp3) is 0.600. The van der Waals surface area contributed by atoms with E-state index in [-0.39, 0.29) is 0 Å². The molecule has 1 aromatic rings. The second kappa shape index (κ2) is 4.76. The molecule has 2 nitrogen and oxygen atoms in total. The van der Waals surface area contributed by atoms with E-state index in [1.807, 2.05) is 0 Å². The molecule has 2 saturated carbocycles. The summed E-state index contributed by atoms with van der Waals surface area (Å²) in [5, 5.41) is 0. The molecule has 2 aliphatic rings. The van der Waals surface area contributed by atoms with E-state index in [1.165, 1.54) is 31.2 Å². The molecule has 0 heterocycles. The predicted octanol–water partition coefficient (Wildman–Crippen LogP) is 4.33. The van der Waals surface area contributed by atoms with Gasteiger partial charge in [-0.3, -0.25) is 0 Å². The van der Waals surface area contributed by atoms with Crippen molar-refractivity contribution in [2.24, 2.45) is 11.8 Å². The van der Waals surface area contributed by atoms with Crippen LogP contribution in [0.2, 0.25) is 0 Å². The molecule has 98 valence electrons. The second-order valence-electron chi connectivity index (χ2n) is 5.68. The van der Waals surface area contributed by atoms with Crippen LogP contribution in [0.4, 0.5) is 5.69 Å². The van der Waals surface area contributed by atoms with Crippen molar-refractivity contribution in [1.82, 2.24) is 0 Å². The van der Waals surface area contributed by atoms with Crippen molar-refractivity contribution in [3.63, 3.8) is 0 Å². The van der Waals surface area contributed by atoms with Gasteiger partial charge in [0.15, 0.2) is 0 Å². The van der Waals surface area contributed by atoms with Gasteiger partial charge in [0, 0.05) is 4.47 Å². The molecule has 0 aliphatic heterocycles. The highest BCUT2D eigenvalue weighted by Gasteiger charge is 2.37. The zero-order valence-electron chi connectivity index (χ0n) is 10.8. The third-order valence-electron chi connectivity index (χ3n) is 4.16. The van der Waals surface area contributed by atoms with E-state index in [2.05, 4.69) is 35.0 Å². The Morgan fingerprint density at radius 2 is 2.17 bits per heavy atom. The lowest BCUT2D eigenvalue weighted by molar-refractivity contribution is 0.301. The molecule has 1 aromatic carbocycles. The monoisotopic (exact) mass is 309 g/mol. The van der Waals surface area contributed by atoms with Gasteiger partial charge in [0.1, 0.15) is 5.75 Å². The van der Waals surface area contributed by atoms with Crippen molar-refractivity contribution in [3.8, 4) is 5.75 Å². The van der Waals surface area contributed by atoms with Crippen LogP contribution >= 0.6 is 15.9 Å². The third kappa shape index (κ3) is 2.51. The van der Waals surface area contributed by atoms with Gasteiger partial charge in [0.25, 0.3) is 0 Å². The van der Waals surface area contributed by atoms with Crippen molar-refractivity contribution in [3.05, 3.63) is 22.2 Å². The summed E-state index contributed by atoms with van der Waals surface area (Å²) in [5.74, 6) is 3.20. The Bertz CT molecular complexity index is 456. The van der Waals surface area contributed by atoms with E-state index in [0.717, 1.165) is 40.3 Å². The summed E-state index contributed by atoms with van der Waals surface area (Å²) in [6.45, 7) is 3.09. The van der Waals surface area contributed by atoms with E-state index in [0.29, 0.717) is 0 Å². The van der Waals surface area contributed by atoms with Crippen LogP contribution in [-0.4, -0.2) is 6.61 Å². The van der Waals surface area contributed by atoms with Crippen LogP contribution in [0, 0.1) is 11.8 Å². The van der Waals surface area contributed by atoms with Gasteiger partial charge in [-0.1, -0.05) is 13.3 Å². The summed E-state index contributed by atoms with van der Waals surface area (Å²) >= 11 is 3.55. The van der Waals surface area contributed by atoms with E-state index < -0.39 is 0 Å². The van der Waals surface area contributed by atoms with Gasteiger partial charge >= 0.3 is 0 Å². The molecule has 2 fully saturated rings. The fourth-order valence-corrected chi connectivity index (χ4v) is 3.00. The Morgan fingerprint density at radius 1 is 1.39 bits per heavy atom. The SMILES string of the molecule is CCC1CC1c1cc(Br)c(N)c(OCC2CC2)c1. The average molecular weight is 310 g/mol. The second-order valence-corrected chi connectivity index (χ2v) is 6.53. The van der Waals surface area contributed by atoms with Crippen LogP contribution < -0.4 is 10.5 Å². The minimum Gasteiger partial charge on any atom is -0.491 e. The molecule has 2 atom stereocenters. The van der Waals surface area contributed by atoms with Crippen LogP contribution in [0.5, 0.6) is 5.75 Å². The molecular weight excluding hydrogens is 290 g/mol. The highest BCUT2D eigenvalue weighted by Crippen LogP contribution is 2.51. The Kier molecular flexibility index (Phi) is 3.27. The van der Waals surface area contributed by atoms with Gasteiger partial charge < -0.3 is 10.5 Å².